The molecule has 1 fully saturated rings. The van der Waals surface area contributed by atoms with Gasteiger partial charge in [0.25, 0.3) is 0 Å². The summed E-state index contributed by atoms with van der Waals surface area (Å²) >= 11 is 0. The summed E-state index contributed by atoms with van der Waals surface area (Å²) in [4.78, 5) is 28.5. The zero-order chi connectivity index (χ0) is 27.2. The first-order valence-corrected chi connectivity index (χ1v) is 14.6. The Morgan fingerprint density at radius 2 is 1.78 bits per heavy atom. The number of aryl methyl sites for hydroxylation is 2. The van der Waals surface area contributed by atoms with E-state index in [2.05, 4.69) is 5.32 Å². The molecule has 9 heteroatoms. The lowest BCUT2D eigenvalue weighted by Crippen LogP contribution is -2.53. The van der Waals surface area contributed by atoms with Crippen LogP contribution in [0.2, 0.25) is 0 Å². The fourth-order valence-electron chi connectivity index (χ4n) is 4.70. The van der Waals surface area contributed by atoms with Gasteiger partial charge in [0, 0.05) is 12.6 Å². The van der Waals surface area contributed by atoms with Crippen LogP contribution in [0.5, 0.6) is 5.75 Å². The minimum absolute atomic E-state index is 0.0972. The van der Waals surface area contributed by atoms with Gasteiger partial charge in [0.15, 0.2) is 0 Å². The summed E-state index contributed by atoms with van der Waals surface area (Å²) in [5.74, 6) is -0.0569. The van der Waals surface area contributed by atoms with Gasteiger partial charge in [-0.05, 0) is 68.5 Å². The number of amides is 2. The summed E-state index contributed by atoms with van der Waals surface area (Å²) in [5, 5.41) is 3.10. The smallest absolute Gasteiger partial charge is 0.244 e. The van der Waals surface area contributed by atoms with Crippen molar-refractivity contribution >= 4 is 27.5 Å². The van der Waals surface area contributed by atoms with Crippen LogP contribution in [0.4, 0.5) is 5.69 Å². The average molecular weight is 530 g/mol. The summed E-state index contributed by atoms with van der Waals surface area (Å²) in [6.07, 6.45) is 6.26. The minimum Gasteiger partial charge on any atom is -0.497 e. The van der Waals surface area contributed by atoms with E-state index in [0.29, 0.717) is 11.4 Å². The summed E-state index contributed by atoms with van der Waals surface area (Å²) in [6.45, 7) is 5.11. The number of rotatable bonds is 10. The maximum absolute atomic E-state index is 13.8. The third-order valence-electron chi connectivity index (χ3n) is 6.92. The number of ether oxygens (including phenoxy) is 1. The van der Waals surface area contributed by atoms with E-state index in [0.717, 1.165) is 52.9 Å². The van der Waals surface area contributed by atoms with Crippen LogP contribution in [0, 0.1) is 13.8 Å². The molecule has 2 amide bonds. The molecular formula is C28H39N3O5S. The molecule has 0 aliphatic heterocycles. The van der Waals surface area contributed by atoms with Crippen molar-refractivity contribution < 1.29 is 22.7 Å². The second-order valence-corrected chi connectivity index (χ2v) is 11.9. The zero-order valence-electron chi connectivity index (χ0n) is 22.5. The lowest BCUT2D eigenvalue weighted by Gasteiger charge is -2.33. The van der Waals surface area contributed by atoms with Crippen molar-refractivity contribution in [3.05, 3.63) is 59.2 Å². The van der Waals surface area contributed by atoms with E-state index in [1.807, 2.05) is 44.2 Å². The predicted molar refractivity (Wildman–Crippen MR) is 146 cm³/mol. The highest BCUT2D eigenvalue weighted by Gasteiger charge is 2.31. The maximum atomic E-state index is 13.8. The molecule has 0 unspecified atom stereocenters. The monoisotopic (exact) mass is 529 g/mol. The topological polar surface area (TPSA) is 96.0 Å². The molecule has 3 rings (SSSR count). The summed E-state index contributed by atoms with van der Waals surface area (Å²) < 4.78 is 32.1. The Balaban J connectivity index is 1.91. The van der Waals surface area contributed by atoms with Crippen LogP contribution in [0.25, 0.3) is 0 Å². The molecule has 1 saturated carbocycles. The summed E-state index contributed by atoms with van der Waals surface area (Å²) in [6, 6.07) is 12.1. The Bertz CT molecular complexity index is 1210. The van der Waals surface area contributed by atoms with E-state index in [4.69, 9.17) is 4.74 Å². The number of carbonyl (C=O) groups excluding carboxylic acids is 2. The standard InChI is InChI=1S/C28H39N3O5S/c1-20-14-15-21(2)26(16-20)31(37(5,34)35)19-27(32)30(18-23-10-9-13-25(17-23)36-4)22(3)28(33)29-24-11-7-6-8-12-24/h9-10,13-17,22,24H,6-8,11-12,18-19H2,1-5H3,(H,29,33)/t22-/m0/s1. The Kier molecular flexibility index (Phi) is 9.59. The molecule has 202 valence electrons. The fraction of sp³-hybridized carbons (Fsp3) is 0.500. The second kappa shape index (κ2) is 12.4. The molecule has 0 bridgehead atoms. The minimum atomic E-state index is -3.77. The molecular weight excluding hydrogens is 490 g/mol. The van der Waals surface area contributed by atoms with Gasteiger partial charge in [-0.15, -0.1) is 0 Å². The van der Waals surface area contributed by atoms with E-state index < -0.39 is 28.5 Å². The van der Waals surface area contributed by atoms with Gasteiger partial charge in [-0.3, -0.25) is 13.9 Å². The van der Waals surface area contributed by atoms with Crippen molar-refractivity contribution in [1.82, 2.24) is 10.2 Å². The molecule has 0 aromatic heterocycles. The Hall–Kier alpha value is -3.07. The highest BCUT2D eigenvalue weighted by molar-refractivity contribution is 7.92. The first-order chi connectivity index (χ1) is 17.5. The normalized spacial score (nSPS) is 15.1. The number of anilines is 1. The van der Waals surface area contributed by atoms with Crippen LogP contribution < -0.4 is 14.4 Å². The highest BCUT2D eigenvalue weighted by atomic mass is 32.2. The first kappa shape index (κ1) is 28.5. The molecule has 0 spiro atoms. The largest absolute Gasteiger partial charge is 0.497 e. The molecule has 0 heterocycles. The van der Waals surface area contributed by atoms with Crippen LogP contribution >= 0.6 is 0 Å². The van der Waals surface area contributed by atoms with Gasteiger partial charge in [0.05, 0.1) is 19.1 Å². The van der Waals surface area contributed by atoms with E-state index >= 15 is 0 Å². The van der Waals surface area contributed by atoms with Crippen molar-refractivity contribution in [3.8, 4) is 5.75 Å². The molecule has 1 aliphatic rings. The molecule has 2 aromatic carbocycles. The van der Waals surface area contributed by atoms with Gasteiger partial charge in [-0.2, -0.15) is 0 Å². The molecule has 0 saturated heterocycles. The van der Waals surface area contributed by atoms with Gasteiger partial charge in [0.1, 0.15) is 18.3 Å². The van der Waals surface area contributed by atoms with Gasteiger partial charge in [0.2, 0.25) is 21.8 Å². The molecule has 1 atom stereocenters. The lowest BCUT2D eigenvalue weighted by molar-refractivity contribution is -0.139. The lowest BCUT2D eigenvalue weighted by atomic mass is 9.95. The number of nitrogens with zero attached hydrogens (tertiary/aromatic N) is 2. The van der Waals surface area contributed by atoms with Gasteiger partial charge < -0.3 is 15.0 Å². The quantitative estimate of drug-likeness (QED) is 0.503. The number of nitrogens with one attached hydrogen (secondary N) is 1. The Morgan fingerprint density at radius 1 is 1.08 bits per heavy atom. The zero-order valence-corrected chi connectivity index (χ0v) is 23.3. The van der Waals surface area contributed by atoms with Crippen molar-refractivity contribution in [3.63, 3.8) is 0 Å². The van der Waals surface area contributed by atoms with Crippen LogP contribution in [-0.2, 0) is 26.2 Å². The highest BCUT2D eigenvalue weighted by Crippen LogP contribution is 2.25. The van der Waals surface area contributed by atoms with Crippen molar-refractivity contribution in [1.29, 1.82) is 0 Å². The van der Waals surface area contributed by atoms with Gasteiger partial charge in [-0.1, -0.05) is 43.5 Å². The predicted octanol–water partition coefficient (Wildman–Crippen LogP) is 3.94. The Labute approximate surface area is 221 Å². The number of carbonyl (C=O) groups is 2. The number of hydrogen-bond acceptors (Lipinski definition) is 5. The number of hydrogen-bond donors (Lipinski definition) is 1. The Morgan fingerprint density at radius 3 is 2.43 bits per heavy atom. The van der Waals surface area contributed by atoms with E-state index in [1.165, 1.54) is 11.3 Å². The van der Waals surface area contributed by atoms with E-state index in [-0.39, 0.29) is 18.5 Å². The summed E-state index contributed by atoms with van der Waals surface area (Å²) in [5.41, 5.74) is 2.86. The third kappa shape index (κ3) is 7.71. The average Bonchev–Trinajstić information content (AvgIpc) is 2.87. The van der Waals surface area contributed by atoms with Crippen molar-refractivity contribution in [2.45, 2.75) is 71.5 Å². The van der Waals surface area contributed by atoms with Crippen molar-refractivity contribution in [2.24, 2.45) is 0 Å². The molecule has 37 heavy (non-hydrogen) atoms. The van der Waals surface area contributed by atoms with Crippen LogP contribution in [0.3, 0.4) is 0 Å². The molecule has 8 nitrogen and oxygen atoms in total. The molecule has 1 N–H and O–H groups in total. The van der Waals surface area contributed by atoms with E-state index in [9.17, 15) is 18.0 Å². The van der Waals surface area contributed by atoms with Gasteiger partial charge >= 0.3 is 0 Å². The SMILES string of the molecule is COc1cccc(CN(C(=O)CN(c2cc(C)ccc2C)S(C)(=O)=O)[C@@H](C)C(=O)NC2CCCCC2)c1. The second-order valence-electron chi connectivity index (χ2n) is 9.95. The number of methoxy groups -OCH3 is 1. The fourth-order valence-corrected chi connectivity index (χ4v) is 5.60. The third-order valence-corrected chi connectivity index (χ3v) is 8.04. The maximum Gasteiger partial charge on any atom is 0.244 e. The number of benzene rings is 2. The van der Waals surface area contributed by atoms with Gasteiger partial charge in [-0.25, -0.2) is 8.42 Å². The molecule has 1 aliphatic carbocycles. The van der Waals surface area contributed by atoms with Crippen LogP contribution in [0.15, 0.2) is 42.5 Å². The number of sulfonamides is 1. The summed E-state index contributed by atoms with van der Waals surface area (Å²) in [7, 11) is -2.21. The van der Waals surface area contributed by atoms with Crippen LogP contribution in [0.1, 0.15) is 55.7 Å². The molecule has 0 radical (unpaired) electrons. The van der Waals surface area contributed by atoms with Crippen LogP contribution in [-0.4, -0.2) is 57.1 Å². The first-order valence-electron chi connectivity index (χ1n) is 12.8. The van der Waals surface area contributed by atoms with E-state index in [1.54, 1.807) is 26.2 Å². The molecule has 2 aromatic rings. The van der Waals surface area contributed by atoms with Crippen molar-refractivity contribution in [2.75, 3.05) is 24.2 Å².